The molecule has 0 spiro atoms. The molecule has 0 aromatic heterocycles. The topological polar surface area (TPSA) is 33.6 Å². The second-order valence-corrected chi connectivity index (χ2v) is 9.81. The number of hydrogen-bond donors (Lipinski definition) is 1. The first kappa shape index (κ1) is 22.6. The standard InChI is InChI=1S/C32H27ClN2O/c33-25-9-5-7-22(19-25)21-36-31-14-4-1-8-24(31)20-34-26-17-15-23(16-18-26)32-29-12-6-11-27(29)28-10-2-3-13-30(28)35-32/h1-11,13-20,27,29,32,35H,12,21H2/t27-,29+,32-/m0/s1. The van der Waals surface area contributed by atoms with Crippen LogP contribution in [0.4, 0.5) is 11.4 Å². The van der Waals surface area contributed by atoms with Crippen LogP contribution in [0.1, 0.15) is 40.6 Å². The van der Waals surface area contributed by atoms with Crippen LogP contribution in [-0.2, 0) is 6.61 Å². The van der Waals surface area contributed by atoms with E-state index >= 15 is 0 Å². The maximum Gasteiger partial charge on any atom is 0.128 e. The summed E-state index contributed by atoms with van der Waals surface area (Å²) in [5.41, 5.74) is 6.84. The van der Waals surface area contributed by atoms with E-state index in [1.807, 2.05) is 54.7 Å². The monoisotopic (exact) mass is 490 g/mol. The van der Waals surface area contributed by atoms with Crippen molar-refractivity contribution in [2.24, 2.45) is 10.9 Å². The Bertz CT molecular complexity index is 1430. The van der Waals surface area contributed by atoms with Gasteiger partial charge in [-0.1, -0.05) is 78.4 Å². The maximum atomic E-state index is 6.10. The van der Waals surface area contributed by atoms with Gasteiger partial charge in [0.1, 0.15) is 12.4 Å². The number of halogens is 1. The van der Waals surface area contributed by atoms with E-state index in [1.165, 1.54) is 16.8 Å². The van der Waals surface area contributed by atoms with Crippen molar-refractivity contribution in [3.63, 3.8) is 0 Å². The normalized spacial score (nSPS) is 20.1. The number of hydrogen-bond acceptors (Lipinski definition) is 3. The van der Waals surface area contributed by atoms with Crippen molar-refractivity contribution in [2.45, 2.75) is 25.0 Å². The number of allylic oxidation sites excluding steroid dienone is 2. The zero-order chi connectivity index (χ0) is 24.3. The molecule has 178 valence electrons. The Balaban J connectivity index is 1.17. The van der Waals surface area contributed by atoms with E-state index in [9.17, 15) is 0 Å². The highest BCUT2D eigenvalue weighted by atomic mass is 35.5. The fourth-order valence-electron chi connectivity index (χ4n) is 5.29. The van der Waals surface area contributed by atoms with E-state index in [-0.39, 0.29) is 0 Å². The molecule has 36 heavy (non-hydrogen) atoms. The second-order valence-electron chi connectivity index (χ2n) is 9.37. The molecule has 0 amide bonds. The summed E-state index contributed by atoms with van der Waals surface area (Å²) in [7, 11) is 0. The molecule has 0 saturated carbocycles. The van der Waals surface area contributed by atoms with Crippen LogP contribution >= 0.6 is 11.6 Å². The molecule has 0 bridgehead atoms. The van der Waals surface area contributed by atoms with Gasteiger partial charge in [-0.25, -0.2) is 0 Å². The van der Waals surface area contributed by atoms with Crippen LogP contribution in [0.25, 0.3) is 0 Å². The Kier molecular flexibility index (Phi) is 6.31. The van der Waals surface area contributed by atoms with Crippen LogP contribution in [0.5, 0.6) is 5.75 Å². The van der Waals surface area contributed by atoms with Crippen LogP contribution in [0, 0.1) is 5.92 Å². The summed E-state index contributed by atoms with van der Waals surface area (Å²) in [4.78, 5) is 4.74. The Labute approximate surface area is 217 Å². The molecule has 1 aliphatic heterocycles. The van der Waals surface area contributed by atoms with Gasteiger partial charge in [0.2, 0.25) is 0 Å². The molecule has 4 aromatic rings. The Hall–Kier alpha value is -3.82. The third-order valence-corrected chi connectivity index (χ3v) is 7.31. The highest BCUT2D eigenvalue weighted by Crippen LogP contribution is 2.49. The van der Waals surface area contributed by atoms with Gasteiger partial charge in [-0.3, -0.25) is 4.99 Å². The van der Waals surface area contributed by atoms with Gasteiger partial charge in [0, 0.05) is 28.4 Å². The van der Waals surface area contributed by atoms with Crippen molar-refractivity contribution in [1.29, 1.82) is 0 Å². The number of nitrogens with one attached hydrogen (secondary N) is 1. The van der Waals surface area contributed by atoms with E-state index in [4.69, 9.17) is 21.3 Å². The lowest BCUT2D eigenvalue weighted by molar-refractivity contribution is 0.306. The van der Waals surface area contributed by atoms with Crippen LogP contribution < -0.4 is 10.1 Å². The molecule has 1 N–H and O–H groups in total. The molecule has 3 atom stereocenters. The zero-order valence-corrected chi connectivity index (χ0v) is 20.6. The SMILES string of the molecule is Clc1cccc(COc2ccccc2C=Nc2ccc([C@@H]3Nc4ccccc4[C@@H]4C=CC[C@H]43)cc2)c1. The maximum absolute atomic E-state index is 6.10. The molecule has 4 aromatic carbocycles. The smallest absolute Gasteiger partial charge is 0.128 e. The zero-order valence-electron chi connectivity index (χ0n) is 19.8. The highest BCUT2D eigenvalue weighted by Gasteiger charge is 2.37. The lowest BCUT2D eigenvalue weighted by Gasteiger charge is -2.37. The summed E-state index contributed by atoms with van der Waals surface area (Å²) in [5.74, 6) is 1.81. The number of fused-ring (bicyclic) bond motifs is 3. The fraction of sp³-hybridized carbons (Fsp3) is 0.156. The molecule has 1 aliphatic carbocycles. The van der Waals surface area contributed by atoms with Crippen molar-refractivity contribution < 1.29 is 4.74 Å². The largest absolute Gasteiger partial charge is 0.488 e. The molecule has 0 unspecified atom stereocenters. The molecular formula is C32H27ClN2O. The fourth-order valence-corrected chi connectivity index (χ4v) is 5.50. The molecule has 4 heteroatoms. The van der Waals surface area contributed by atoms with Crippen molar-refractivity contribution in [2.75, 3.05) is 5.32 Å². The van der Waals surface area contributed by atoms with Crippen molar-refractivity contribution in [3.8, 4) is 5.75 Å². The highest BCUT2D eigenvalue weighted by molar-refractivity contribution is 6.30. The number of anilines is 1. The molecule has 1 heterocycles. The van der Waals surface area contributed by atoms with Gasteiger partial charge in [0.15, 0.2) is 0 Å². The summed E-state index contributed by atoms with van der Waals surface area (Å²) >= 11 is 6.10. The Morgan fingerprint density at radius 2 is 1.75 bits per heavy atom. The number of rotatable bonds is 6. The minimum Gasteiger partial charge on any atom is -0.488 e. The third-order valence-electron chi connectivity index (χ3n) is 7.08. The average Bonchev–Trinajstić information content (AvgIpc) is 3.42. The lowest BCUT2D eigenvalue weighted by atomic mass is 9.77. The molecule has 2 aliphatic rings. The first-order valence-corrected chi connectivity index (χ1v) is 12.7. The predicted molar refractivity (Wildman–Crippen MR) is 149 cm³/mol. The van der Waals surface area contributed by atoms with E-state index in [1.54, 1.807) is 0 Å². The number of ether oxygens (including phenoxy) is 1. The summed E-state index contributed by atoms with van der Waals surface area (Å²) < 4.78 is 6.07. The van der Waals surface area contributed by atoms with Crippen LogP contribution in [0.15, 0.2) is 114 Å². The van der Waals surface area contributed by atoms with Crippen LogP contribution in [0.3, 0.4) is 0 Å². The number of para-hydroxylation sites is 2. The van der Waals surface area contributed by atoms with Gasteiger partial charge in [-0.2, -0.15) is 0 Å². The lowest BCUT2D eigenvalue weighted by Crippen LogP contribution is -2.28. The van der Waals surface area contributed by atoms with Gasteiger partial charge in [0.25, 0.3) is 0 Å². The molecule has 0 saturated heterocycles. The summed E-state index contributed by atoms with van der Waals surface area (Å²) in [5, 5.41) is 4.51. The molecule has 0 radical (unpaired) electrons. The third kappa shape index (κ3) is 4.67. The quantitative estimate of drug-likeness (QED) is 0.217. The number of benzene rings is 4. The molecule has 6 rings (SSSR count). The van der Waals surface area contributed by atoms with E-state index < -0.39 is 0 Å². The van der Waals surface area contributed by atoms with Gasteiger partial charge < -0.3 is 10.1 Å². The first-order valence-electron chi connectivity index (χ1n) is 12.4. The second kappa shape index (κ2) is 10.0. The Morgan fingerprint density at radius 1 is 0.917 bits per heavy atom. The van der Waals surface area contributed by atoms with Crippen molar-refractivity contribution in [3.05, 3.63) is 136 Å². The van der Waals surface area contributed by atoms with Gasteiger partial charge in [-0.15, -0.1) is 0 Å². The summed E-state index contributed by atoms with van der Waals surface area (Å²) in [6.07, 6.45) is 7.68. The predicted octanol–water partition coefficient (Wildman–Crippen LogP) is 8.50. The summed E-state index contributed by atoms with van der Waals surface area (Å²) in [6.45, 7) is 0.453. The number of nitrogens with zero attached hydrogens (tertiary/aromatic N) is 1. The van der Waals surface area contributed by atoms with Crippen molar-refractivity contribution >= 4 is 29.2 Å². The van der Waals surface area contributed by atoms with Gasteiger partial charge >= 0.3 is 0 Å². The minimum absolute atomic E-state index is 0.290. The molecular weight excluding hydrogens is 464 g/mol. The Morgan fingerprint density at radius 3 is 2.64 bits per heavy atom. The van der Waals surface area contributed by atoms with E-state index in [0.717, 1.165) is 29.0 Å². The molecule has 3 nitrogen and oxygen atoms in total. The number of aliphatic imine (C=N–C) groups is 1. The van der Waals surface area contributed by atoms with Gasteiger partial charge in [0.05, 0.1) is 11.7 Å². The van der Waals surface area contributed by atoms with Gasteiger partial charge in [-0.05, 0) is 71.5 Å². The van der Waals surface area contributed by atoms with Crippen LogP contribution in [0.2, 0.25) is 5.02 Å². The minimum atomic E-state index is 0.290. The van der Waals surface area contributed by atoms with Crippen molar-refractivity contribution in [1.82, 2.24) is 0 Å². The summed E-state index contributed by atoms with van der Waals surface area (Å²) in [6, 6.07) is 33.3. The first-order chi connectivity index (χ1) is 17.7. The van der Waals surface area contributed by atoms with E-state index in [2.05, 4.69) is 66.0 Å². The van der Waals surface area contributed by atoms with Crippen LogP contribution in [-0.4, -0.2) is 6.21 Å². The molecule has 0 fully saturated rings. The van der Waals surface area contributed by atoms with E-state index in [0.29, 0.717) is 29.5 Å². The average molecular weight is 491 g/mol.